The first-order valence-electron chi connectivity index (χ1n) is 8.26. The van der Waals surface area contributed by atoms with Crippen LogP contribution < -0.4 is 15.5 Å². The minimum atomic E-state index is 0.507. The second kappa shape index (κ2) is 7.26. The van der Waals surface area contributed by atoms with E-state index in [1.807, 2.05) is 0 Å². The zero-order chi connectivity index (χ0) is 16.1. The lowest BCUT2D eigenvalue weighted by Gasteiger charge is -2.17. The highest BCUT2D eigenvalue weighted by Crippen LogP contribution is 2.23. The molecule has 0 atom stereocenters. The number of benzene rings is 1. The number of aromatic nitrogens is 3. The summed E-state index contributed by atoms with van der Waals surface area (Å²) in [5, 5.41) is 14.5. The molecular weight excluding hydrogens is 288 g/mol. The Kier molecular flexibility index (Phi) is 4.90. The summed E-state index contributed by atoms with van der Waals surface area (Å²) in [5.41, 5.74) is 2.25. The van der Waals surface area contributed by atoms with Gasteiger partial charge in [0.05, 0.1) is 6.20 Å². The van der Waals surface area contributed by atoms with Crippen molar-refractivity contribution in [3.8, 4) is 0 Å². The number of nitrogens with one attached hydrogen (secondary N) is 2. The third-order valence-corrected chi connectivity index (χ3v) is 3.84. The van der Waals surface area contributed by atoms with E-state index in [9.17, 15) is 0 Å². The number of nitrogens with zero attached hydrogens (tertiary/aromatic N) is 4. The Labute approximate surface area is 137 Å². The molecule has 3 rings (SSSR count). The lowest BCUT2D eigenvalue weighted by atomic mass is 10.2. The van der Waals surface area contributed by atoms with Crippen LogP contribution in [0, 0.1) is 5.92 Å². The molecule has 23 heavy (non-hydrogen) atoms. The Bertz CT molecular complexity index is 619. The van der Waals surface area contributed by atoms with Gasteiger partial charge in [0, 0.05) is 31.0 Å². The van der Waals surface area contributed by atoms with Gasteiger partial charge in [-0.05, 0) is 43.0 Å². The fraction of sp³-hybridized carbons (Fsp3) is 0.471. The van der Waals surface area contributed by atoms with Gasteiger partial charge in [0.2, 0.25) is 5.95 Å². The maximum Gasteiger partial charge on any atom is 0.249 e. The molecule has 2 heterocycles. The van der Waals surface area contributed by atoms with Gasteiger partial charge >= 0.3 is 0 Å². The molecule has 0 spiro atoms. The molecule has 0 unspecified atom stereocenters. The van der Waals surface area contributed by atoms with Crippen LogP contribution >= 0.6 is 0 Å². The van der Waals surface area contributed by atoms with Crippen molar-refractivity contribution in [1.29, 1.82) is 0 Å². The van der Waals surface area contributed by atoms with Crippen LogP contribution in [0.5, 0.6) is 0 Å². The summed E-state index contributed by atoms with van der Waals surface area (Å²) < 4.78 is 0. The van der Waals surface area contributed by atoms with Gasteiger partial charge in [-0.2, -0.15) is 10.1 Å². The number of anilines is 4. The van der Waals surface area contributed by atoms with Gasteiger partial charge < -0.3 is 15.5 Å². The molecule has 0 bridgehead atoms. The normalized spacial score (nSPS) is 14.3. The molecule has 1 saturated heterocycles. The first kappa shape index (κ1) is 15.5. The van der Waals surface area contributed by atoms with Crippen LogP contribution in [0.15, 0.2) is 30.5 Å². The average molecular weight is 312 g/mol. The molecule has 2 aromatic rings. The van der Waals surface area contributed by atoms with Crippen LogP contribution in [0.4, 0.5) is 23.1 Å². The molecule has 0 aliphatic carbocycles. The van der Waals surface area contributed by atoms with E-state index in [4.69, 9.17) is 0 Å². The Balaban J connectivity index is 1.63. The van der Waals surface area contributed by atoms with Crippen LogP contribution in [0.25, 0.3) is 0 Å². The van der Waals surface area contributed by atoms with Crippen molar-refractivity contribution in [2.45, 2.75) is 26.7 Å². The van der Waals surface area contributed by atoms with Crippen LogP contribution in [0.3, 0.4) is 0 Å². The third-order valence-electron chi connectivity index (χ3n) is 3.84. The van der Waals surface area contributed by atoms with Crippen LogP contribution in [0.1, 0.15) is 26.7 Å². The van der Waals surface area contributed by atoms with E-state index in [-0.39, 0.29) is 0 Å². The van der Waals surface area contributed by atoms with E-state index >= 15 is 0 Å². The van der Waals surface area contributed by atoms with E-state index in [0.717, 1.165) is 31.1 Å². The minimum absolute atomic E-state index is 0.507. The first-order valence-corrected chi connectivity index (χ1v) is 8.26. The van der Waals surface area contributed by atoms with Gasteiger partial charge in [0.1, 0.15) is 0 Å². The van der Waals surface area contributed by atoms with Crippen LogP contribution in [-0.2, 0) is 0 Å². The molecule has 122 valence electrons. The summed E-state index contributed by atoms with van der Waals surface area (Å²) >= 11 is 0. The van der Waals surface area contributed by atoms with Gasteiger partial charge in [-0.25, -0.2) is 0 Å². The van der Waals surface area contributed by atoms with Crippen LogP contribution in [-0.4, -0.2) is 34.8 Å². The fourth-order valence-corrected chi connectivity index (χ4v) is 2.61. The Hall–Kier alpha value is -2.37. The fourth-order valence-electron chi connectivity index (χ4n) is 2.61. The van der Waals surface area contributed by atoms with E-state index < -0.39 is 0 Å². The number of hydrogen-bond acceptors (Lipinski definition) is 6. The van der Waals surface area contributed by atoms with E-state index in [0.29, 0.717) is 11.9 Å². The van der Waals surface area contributed by atoms with Crippen molar-refractivity contribution >= 4 is 23.1 Å². The summed E-state index contributed by atoms with van der Waals surface area (Å²) in [7, 11) is 0. The van der Waals surface area contributed by atoms with Gasteiger partial charge in [0.15, 0.2) is 5.82 Å². The SMILES string of the molecule is CC(C)CNc1cnnc(Nc2ccc(N3CCCC3)cc2)n1. The monoisotopic (exact) mass is 312 g/mol. The van der Waals surface area contributed by atoms with Crippen molar-refractivity contribution in [3.05, 3.63) is 30.5 Å². The van der Waals surface area contributed by atoms with E-state index in [2.05, 4.69) is 68.8 Å². The molecular formula is C17H24N6. The molecule has 0 radical (unpaired) electrons. The van der Waals surface area contributed by atoms with Gasteiger partial charge in [0.25, 0.3) is 0 Å². The van der Waals surface area contributed by atoms with Crippen molar-refractivity contribution in [2.75, 3.05) is 35.2 Å². The minimum Gasteiger partial charge on any atom is -0.372 e. The Morgan fingerprint density at radius 1 is 1.13 bits per heavy atom. The summed E-state index contributed by atoms with van der Waals surface area (Å²) in [6, 6.07) is 8.40. The highest BCUT2D eigenvalue weighted by atomic mass is 15.3. The van der Waals surface area contributed by atoms with Crippen molar-refractivity contribution in [2.24, 2.45) is 5.92 Å². The third kappa shape index (κ3) is 4.31. The molecule has 2 N–H and O–H groups in total. The molecule has 1 aliphatic rings. The van der Waals surface area contributed by atoms with Crippen molar-refractivity contribution in [1.82, 2.24) is 15.2 Å². The molecule has 1 fully saturated rings. The number of hydrogen-bond donors (Lipinski definition) is 2. The molecule has 0 amide bonds. The van der Waals surface area contributed by atoms with Gasteiger partial charge in [-0.1, -0.05) is 13.8 Å². The molecule has 1 aliphatic heterocycles. The number of rotatable bonds is 6. The van der Waals surface area contributed by atoms with E-state index in [1.165, 1.54) is 18.5 Å². The molecule has 1 aromatic heterocycles. The van der Waals surface area contributed by atoms with Crippen molar-refractivity contribution < 1.29 is 0 Å². The van der Waals surface area contributed by atoms with Crippen LogP contribution in [0.2, 0.25) is 0 Å². The first-order chi connectivity index (χ1) is 11.2. The standard InChI is InChI=1S/C17H24N6/c1-13(2)11-18-16-12-19-22-17(21-16)20-14-5-7-15(8-6-14)23-9-3-4-10-23/h5-8,12-13H,3-4,9-11H2,1-2H3,(H2,18,20,21,22). The maximum atomic E-state index is 4.43. The zero-order valence-corrected chi connectivity index (χ0v) is 13.8. The largest absolute Gasteiger partial charge is 0.372 e. The smallest absolute Gasteiger partial charge is 0.249 e. The maximum absolute atomic E-state index is 4.43. The second-order valence-corrected chi connectivity index (χ2v) is 6.31. The lowest BCUT2D eigenvalue weighted by molar-refractivity contribution is 0.686. The van der Waals surface area contributed by atoms with Gasteiger partial charge in [-0.3, -0.25) is 0 Å². The summed E-state index contributed by atoms with van der Waals surface area (Å²) in [6.07, 6.45) is 4.22. The summed E-state index contributed by atoms with van der Waals surface area (Å²) in [6.45, 7) is 7.49. The zero-order valence-electron chi connectivity index (χ0n) is 13.8. The second-order valence-electron chi connectivity index (χ2n) is 6.31. The average Bonchev–Trinajstić information content (AvgIpc) is 3.08. The summed E-state index contributed by atoms with van der Waals surface area (Å²) in [4.78, 5) is 6.85. The highest BCUT2D eigenvalue weighted by Gasteiger charge is 2.11. The quantitative estimate of drug-likeness (QED) is 0.853. The predicted octanol–water partition coefficient (Wildman–Crippen LogP) is 3.28. The Morgan fingerprint density at radius 2 is 1.87 bits per heavy atom. The lowest BCUT2D eigenvalue weighted by Crippen LogP contribution is -2.17. The molecule has 1 aromatic carbocycles. The molecule has 6 nitrogen and oxygen atoms in total. The summed E-state index contributed by atoms with van der Waals surface area (Å²) in [5.74, 6) is 1.80. The Morgan fingerprint density at radius 3 is 2.57 bits per heavy atom. The van der Waals surface area contributed by atoms with Crippen molar-refractivity contribution in [3.63, 3.8) is 0 Å². The predicted molar refractivity (Wildman–Crippen MR) is 94.3 cm³/mol. The molecule has 0 saturated carbocycles. The van der Waals surface area contributed by atoms with E-state index in [1.54, 1.807) is 6.20 Å². The van der Waals surface area contributed by atoms with Gasteiger partial charge in [-0.15, -0.1) is 5.10 Å². The topological polar surface area (TPSA) is 66.0 Å². The molecule has 6 heteroatoms. The highest BCUT2D eigenvalue weighted by molar-refractivity contribution is 5.59.